The Kier molecular flexibility index (Phi) is 3.38. The van der Waals surface area contributed by atoms with Crippen molar-refractivity contribution in [3.8, 4) is 0 Å². The smallest absolute Gasteiger partial charge is 0.146 e. The monoisotopic (exact) mass is 288 g/mol. The van der Waals surface area contributed by atoms with Gasteiger partial charge in [-0.2, -0.15) is 5.10 Å². The van der Waals surface area contributed by atoms with Gasteiger partial charge in [0.2, 0.25) is 0 Å². The Balaban J connectivity index is 1.82. The van der Waals surface area contributed by atoms with E-state index in [1.807, 2.05) is 36.7 Å². The summed E-state index contributed by atoms with van der Waals surface area (Å²) in [5.41, 5.74) is 4.11. The predicted octanol–water partition coefficient (Wildman–Crippen LogP) is 3.32. The van der Waals surface area contributed by atoms with Crippen LogP contribution in [0, 0.1) is 6.92 Å². The van der Waals surface area contributed by atoms with E-state index in [0.29, 0.717) is 11.4 Å². The fourth-order valence-electron chi connectivity index (χ4n) is 2.87. The molecule has 0 fully saturated rings. The fourth-order valence-corrected chi connectivity index (χ4v) is 3.07. The van der Waals surface area contributed by atoms with Crippen LogP contribution >= 0.6 is 11.6 Å². The Bertz CT molecular complexity index is 675. The van der Waals surface area contributed by atoms with Crippen molar-refractivity contribution in [3.63, 3.8) is 0 Å². The van der Waals surface area contributed by atoms with E-state index in [1.165, 1.54) is 11.1 Å². The lowest BCUT2D eigenvalue weighted by Crippen LogP contribution is -2.27. The number of nitrogens with zero attached hydrogens (tertiary/aromatic N) is 2. The summed E-state index contributed by atoms with van der Waals surface area (Å²) in [6.45, 7) is 4.62. The Morgan fingerprint density at radius 3 is 2.90 bits per heavy atom. The standard InChI is InChI=1S/C16H17ClN2O/c1-3-19-14(16(17)10(2)18-19)9-15(20)13-8-11-6-4-5-7-12(11)13/h4-7,13H,3,8-9H2,1-2H3. The predicted molar refractivity (Wildman–Crippen MR) is 79.2 cm³/mol. The summed E-state index contributed by atoms with van der Waals surface area (Å²) in [6.07, 6.45) is 1.22. The molecule has 1 atom stereocenters. The number of benzene rings is 1. The number of carbonyl (C=O) groups is 1. The first-order valence-electron chi connectivity index (χ1n) is 6.94. The first-order valence-corrected chi connectivity index (χ1v) is 7.32. The van der Waals surface area contributed by atoms with E-state index in [-0.39, 0.29) is 11.7 Å². The number of ketones is 1. The van der Waals surface area contributed by atoms with Crippen molar-refractivity contribution in [2.24, 2.45) is 0 Å². The van der Waals surface area contributed by atoms with Crippen molar-refractivity contribution in [3.05, 3.63) is 51.8 Å². The van der Waals surface area contributed by atoms with Gasteiger partial charge < -0.3 is 0 Å². The molecular weight excluding hydrogens is 272 g/mol. The minimum absolute atomic E-state index is 0.0304. The molecule has 1 heterocycles. The van der Waals surface area contributed by atoms with Gasteiger partial charge in [0.05, 0.1) is 22.8 Å². The van der Waals surface area contributed by atoms with E-state index in [0.717, 1.165) is 24.4 Å². The lowest BCUT2D eigenvalue weighted by atomic mass is 9.74. The average Bonchev–Trinajstić information content (AvgIpc) is 2.68. The van der Waals surface area contributed by atoms with Crippen molar-refractivity contribution in [1.29, 1.82) is 0 Å². The second kappa shape index (κ2) is 5.06. The zero-order valence-electron chi connectivity index (χ0n) is 11.7. The number of Topliss-reactive ketones (excluding diaryl/α,β-unsaturated/α-hetero) is 1. The molecule has 3 nitrogen and oxygen atoms in total. The molecule has 4 heteroatoms. The highest BCUT2D eigenvalue weighted by Crippen LogP contribution is 2.36. The van der Waals surface area contributed by atoms with Crippen molar-refractivity contribution in [2.45, 2.75) is 39.2 Å². The van der Waals surface area contributed by atoms with Gasteiger partial charge in [0.25, 0.3) is 0 Å². The maximum absolute atomic E-state index is 12.5. The molecule has 0 spiro atoms. The molecule has 1 aliphatic carbocycles. The van der Waals surface area contributed by atoms with E-state index in [2.05, 4.69) is 11.2 Å². The van der Waals surface area contributed by atoms with Gasteiger partial charge in [-0.15, -0.1) is 0 Å². The highest BCUT2D eigenvalue weighted by Gasteiger charge is 2.32. The highest BCUT2D eigenvalue weighted by atomic mass is 35.5. The molecule has 1 aromatic heterocycles. The molecule has 0 N–H and O–H groups in total. The zero-order chi connectivity index (χ0) is 14.3. The molecule has 0 amide bonds. The maximum atomic E-state index is 12.5. The van der Waals surface area contributed by atoms with E-state index in [4.69, 9.17) is 11.6 Å². The van der Waals surface area contributed by atoms with Gasteiger partial charge >= 0.3 is 0 Å². The number of aryl methyl sites for hydroxylation is 2. The van der Waals surface area contributed by atoms with Crippen LogP contribution in [0.15, 0.2) is 24.3 Å². The second-order valence-corrected chi connectivity index (χ2v) is 5.64. The molecule has 0 saturated heterocycles. The van der Waals surface area contributed by atoms with Crippen molar-refractivity contribution in [2.75, 3.05) is 0 Å². The third-order valence-electron chi connectivity index (χ3n) is 4.04. The minimum Gasteiger partial charge on any atom is -0.299 e. The molecule has 0 radical (unpaired) electrons. The molecular formula is C16H17ClN2O. The van der Waals surface area contributed by atoms with E-state index in [1.54, 1.807) is 0 Å². The summed E-state index contributed by atoms with van der Waals surface area (Å²) in [4.78, 5) is 12.5. The van der Waals surface area contributed by atoms with Crippen LogP contribution < -0.4 is 0 Å². The number of halogens is 1. The summed E-state index contributed by atoms with van der Waals surface area (Å²) in [5, 5.41) is 4.99. The van der Waals surface area contributed by atoms with Gasteiger partial charge in [0, 0.05) is 12.5 Å². The molecule has 104 valence electrons. The molecule has 1 unspecified atom stereocenters. The molecule has 3 rings (SSSR count). The number of hydrogen-bond acceptors (Lipinski definition) is 2. The maximum Gasteiger partial charge on any atom is 0.146 e. The summed E-state index contributed by atoms with van der Waals surface area (Å²) in [7, 11) is 0. The Hall–Kier alpha value is -1.61. The van der Waals surface area contributed by atoms with Crippen LogP contribution in [-0.4, -0.2) is 15.6 Å². The second-order valence-electron chi connectivity index (χ2n) is 5.26. The van der Waals surface area contributed by atoms with Crippen LogP contribution in [0.2, 0.25) is 5.02 Å². The van der Waals surface area contributed by atoms with Crippen LogP contribution in [0.5, 0.6) is 0 Å². The number of fused-ring (bicyclic) bond motifs is 1. The summed E-state index contributed by atoms with van der Waals surface area (Å²) in [6, 6.07) is 8.15. The van der Waals surface area contributed by atoms with Gasteiger partial charge in [-0.05, 0) is 31.4 Å². The van der Waals surface area contributed by atoms with Crippen LogP contribution in [-0.2, 0) is 24.2 Å². The van der Waals surface area contributed by atoms with E-state index < -0.39 is 0 Å². The van der Waals surface area contributed by atoms with Gasteiger partial charge in [0.1, 0.15) is 5.78 Å². The number of hydrogen-bond donors (Lipinski definition) is 0. The fraction of sp³-hybridized carbons (Fsp3) is 0.375. The quantitative estimate of drug-likeness (QED) is 0.865. The normalized spacial score (nSPS) is 16.6. The van der Waals surface area contributed by atoms with Crippen LogP contribution in [0.1, 0.15) is 35.4 Å². The average molecular weight is 289 g/mol. The Labute approximate surface area is 123 Å². The summed E-state index contributed by atoms with van der Waals surface area (Å²) < 4.78 is 1.83. The highest BCUT2D eigenvalue weighted by molar-refractivity contribution is 6.32. The molecule has 0 saturated carbocycles. The molecule has 20 heavy (non-hydrogen) atoms. The first-order chi connectivity index (χ1) is 9.61. The summed E-state index contributed by atoms with van der Waals surface area (Å²) >= 11 is 6.27. The van der Waals surface area contributed by atoms with Gasteiger partial charge in [-0.3, -0.25) is 9.48 Å². The lowest BCUT2D eigenvalue weighted by molar-refractivity contribution is -0.120. The zero-order valence-corrected chi connectivity index (χ0v) is 12.4. The Morgan fingerprint density at radius 1 is 1.45 bits per heavy atom. The molecule has 1 aromatic carbocycles. The largest absolute Gasteiger partial charge is 0.299 e. The lowest BCUT2D eigenvalue weighted by Gasteiger charge is -2.28. The molecule has 2 aromatic rings. The van der Waals surface area contributed by atoms with Crippen LogP contribution in [0.4, 0.5) is 0 Å². The first kappa shape index (κ1) is 13.4. The van der Waals surface area contributed by atoms with Crippen LogP contribution in [0.25, 0.3) is 0 Å². The SMILES string of the molecule is CCn1nc(C)c(Cl)c1CC(=O)C1Cc2ccccc21. The van der Waals surface area contributed by atoms with Gasteiger partial charge in [-0.25, -0.2) is 0 Å². The van der Waals surface area contributed by atoms with E-state index >= 15 is 0 Å². The molecule has 1 aliphatic rings. The van der Waals surface area contributed by atoms with Crippen molar-refractivity contribution >= 4 is 17.4 Å². The summed E-state index contributed by atoms with van der Waals surface area (Å²) in [5.74, 6) is 0.267. The third-order valence-corrected chi connectivity index (χ3v) is 4.53. The topological polar surface area (TPSA) is 34.9 Å². The number of carbonyl (C=O) groups excluding carboxylic acids is 1. The van der Waals surface area contributed by atoms with Crippen molar-refractivity contribution in [1.82, 2.24) is 9.78 Å². The number of aromatic nitrogens is 2. The molecule has 0 bridgehead atoms. The van der Waals surface area contributed by atoms with Crippen molar-refractivity contribution < 1.29 is 4.79 Å². The third kappa shape index (κ3) is 2.06. The van der Waals surface area contributed by atoms with Gasteiger partial charge in [-0.1, -0.05) is 35.9 Å². The minimum atomic E-state index is 0.0304. The van der Waals surface area contributed by atoms with E-state index in [9.17, 15) is 4.79 Å². The molecule has 0 aliphatic heterocycles. The number of rotatable bonds is 4. The van der Waals surface area contributed by atoms with Gasteiger partial charge in [0.15, 0.2) is 0 Å². The Morgan fingerprint density at radius 2 is 2.20 bits per heavy atom. The van der Waals surface area contributed by atoms with Crippen LogP contribution in [0.3, 0.4) is 0 Å².